The topological polar surface area (TPSA) is 132 Å². The van der Waals surface area contributed by atoms with Gasteiger partial charge in [0.1, 0.15) is 12.1 Å². The molecule has 11 nitrogen and oxygen atoms in total. The van der Waals surface area contributed by atoms with Crippen LogP contribution in [0.5, 0.6) is 6.01 Å². The molecule has 1 fully saturated rings. The van der Waals surface area contributed by atoms with E-state index in [0.717, 1.165) is 37.4 Å². The molecule has 0 spiro atoms. The predicted octanol–water partition coefficient (Wildman–Crippen LogP) is 1.28. The van der Waals surface area contributed by atoms with Crippen molar-refractivity contribution >= 4 is 34.2 Å². The molecule has 0 atom stereocenters. The van der Waals surface area contributed by atoms with Crippen LogP contribution >= 0.6 is 11.3 Å². The second-order valence-electron chi connectivity index (χ2n) is 8.27. The Hall–Kier alpha value is -2.96. The third-order valence-electron chi connectivity index (χ3n) is 5.76. The Morgan fingerprint density at radius 3 is 2.62 bits per heavy atom. The number of imidazole rings is 1. The molecule has 3 aromatic rings. The number of nitrogen functional groups attached to an aromatic ring is 1. The molecule has 1 amide bonds. The number of nitrogens with zero attached hydrogens (tertiary/aromatic N) is 5. The fraction of sp³-hybridized carbons (Fsp3) is 0.545. The summed E-state index contributed by atoms with van der Waals surface area (Å²) in [5.41, 5.74) is 6.62. The molecular formula is C22H31N7O4S. The SMILES string of the molecule is CCCCOc1nc(N)c2[nH]c(=O)n(Cc3ccc(CN4CCN(C(=O)COC)CC4)s3)c2n1. The summed E-state index contributed by atoms with van der Waals surface area (Å²) < 4.78 is 12.1. The minimum absolute atomic E-state index is 0.0353. The Kier molecular flexibility index (Phi) is 7.80. The number of H-pyrrole nitrogens is 1. The molecule has 184 valence electrons. The van der Waals surface area contributed by atoms with E-state index in [0.29, 0.717) is 37.4 Å². The number of piperazine rings is 1. The standard InChI is InChI=1S/C22H31N7O4S/c1-3-4-11-33-21-25-19(23)18-20(26-21)29(22(31)24-18)13-16-6-5-15(34-16)12-27-7-9-28(10-8-27)17(30)14-32-2/h5-6H,3-4,7-14H2,1-2H3,(H,24,31)(H2,23,25,26). The van der Waals surface area contributed by atoms with Gasteiger partial charge in [0.25, 0.3) is 0 Å². The molecule has 4 rings (SSSR count). The zero-order valence-corrected chi connectivity index (χ0v) is 20.4. The summed E-state index contributed by atoms with van der Waals surface area (Å²) in [5, 5.41) is 0. The molecule has 0 aromatic carbocycles. The number of anilines is 1. The summed E-state index contributed by atoms with van der Waals surface area (Å²) in [4.78, 5) is 42.4. The molecule has 1 aliphatic heterocycles. The summed E-state index contributed by atoms with van der Waals surface area (Å²) in [6, 6.07) is 4.30. The maximum atomic E-state index is 12.6. The van der Waals surface area contributed by atoms with E-state index in [2.05, 4.69) is 32.8 Å². The van der Waals surface area contributed by atoms with Crippen LogP contribution < -0.4 is 16.2 Å². The summed E-state index contributed by atoms with van der Waals surface area (Å²) >= 11 is 1.66. The molecule has 3 N–H and O–H groups in total. The quantitative estimate of drug-likeness (QED) is 0.407. The van der Waals surface area contributed by atoms with Crippen LogP contribution in [0.15, 0.2) is 16.9 Å². The summed E-state index contributed by atoms with van der Waals surface area (Å²) in [7, 11) is 1.54. The lowest BCUT2D eigenvalue weighted by Crippen LogP contribution is -2.49. The lowest BCUT2D eigenvalue weighted by Gasteiger charge is -2.34. The van der Waals surface area contributed by atoms with Crippen LogP contribution in [0.2, 0.25) is 0 Å². The van der Waals surface area contributed by atoms with E-state index in [-0.39, 0.29) is 30.0 Å². The fourth-order valence-electron chi connectivity index (χ4n) is 3.89. The zero-order chi connectivity index (χ0) is 24.1. The van der Waals surface area contributed by atoms with Crippen molar-refractivity contribution in [2.24, 2.45) is 0 Å². The average Bonchev–Trinajstić information content (AvgIpc) is 3.39. The lowest BCUT2D eigenvalue weighted by atomic mass is 10.3. The monoisotopic (exact) mass is 489 g/mol. The Balaban J connectivity index is 1.42. The van der Waals surface area contributed by atoms with Crippen LogP contribution in [0.1, 0.15) is 29.5 Å². The van der Waals surface area contributed by atoms with Crippen LogP contribution in [-0.2, 0) is 22.6 Å². The molecule has 3 aromatic heterocycles. The van der Waals surface area contributed by atoms with Crippen molar-refractivity contribution in [1.82, 2.24) is 29.3 Å². The van der Waals surface area contributed by atoms with Crippen molar-refractivity contribution in [2.45, 2.75) is 32.9 Å². The Morgan fingerprint density at radius 2 is 1.91 bits per heavy atom. The molecule has 0 radical (unpaired) electrons. The number of thiophene rings is 1. The largest absolute Gasteiger partial charge is 0.463 e. The number of aromatic nitrogens is 4. The van der Waals surface area contributed by atoms with Crippen LogP contribution in [0.4, 0.5) is 5.82 Å². The first-order valence-electron chi connectivity index (χ1n) is 11.4. The number of unbranched alkanes of at least 4 members (excludes halogenated alkanes) is 1. The van der Waals surface area contributed by atoms with Gasteiger partial charge in [-0.05, 0) is 18.6 Å². The number of nitrogens with one attached hydrogen (secondary N) is 1. The van der Waals surface area contributed by atoms with E-state index in [4.69, 9.17) is 15.2 Å². The number of carbonyl (C=O) groups is 1. The van der Waals surface area contributed by atoms with Gasteiger partial charge in [0.15, 0.2) is 11.5 Å². The summed E-state index contributed by atoms with van der Waals surface area (Å²) in [6.45, 7) is 6.94. The third kappa shape index (κ3) is 5.57. The van der Waals surface area contributed by atoms with E-state index < -0.39 is 0 Å². The maximum Gasteiger partial charge on any atom is 0.328 e. The number of carbonyl (C=O) groups excluding carboxylic acids is 1. The molecule has 4 heterocycles. The van der Waals surface area contributed by atoms with Gasteiger partial charge in [-0.1, -0.05) is 13.3 Å². The number of rotatable bonds is 10. The van der Waals surface area contributed by atoms with Crippen LogP contribution in [0.25, 0.3) is 11.2 Å². The number of methoxy groups -OCH3 is 1. The van der Waals surface area contributed by atoms with E-state index in [1.807, 2.05) is 11.0 Å². The second kappa shape index (κ2) is 11.0. The highest BCUT2D eigenvalue weighted by molar-refractivity contribution is 7.11. The number of ether oxygens (including phenoxy) is 2. The smallest absolute Gasteiger partial charge is 0.328 e. The van der Waals surface area contributed by atoms with Gasteiger partial charge >= 0.3 is 11.7 Å². The first-order chi connectivity index (χ1) is 16.5. The number of aromatic amines is 1. The summed E-state index contributed by atoms with van der Waals surface area (Å²) in [5.74, 6) is 0.232. The fourth-order valence-corrected chi connectivity index (χ4v) is 4.94. The van der Waals surface area contributed by atoms with Crippen LogP contribution in [0.3, 0.4) is 0 Å². The summed E-state index contributed by atoms with van der Waals surface area (Å²) in [6.07, 6.45) is 1.88. The predicted molar refractivity (Wildman–Crippen MR) is 130 cm³/mol. The van der Waals surface area contributed by atoms with Crippen molar-refractivity contribution < 1.29 is 14.3 Å². The van der Waals surface area contributed by atoms with Gasteiger partial charge in [0, 0.05) is 49.6 Å². The number of hydrogen-bond acceptors (Lipinski definition) is 9. The minimum atomic E-state index is -0.284. The van der Waals surface area contributed by atoms with E-state index >= 15 is 0 Å². The molecule has 1 saturated heterocycles. The molecular weight excluding hydrogens is 458 g/mol. The van der Waals surface area contributed by atoms with Crippen LogP contribution in [0, 0.1) is 0 Å². The van der Waals surface area contributed by atoms with E-state index in [1.165, 1.54) is 12.0 Å². The molecule has 0 unspecified atom stereocenters. The maximum absolute atomic E-state index is 12.6. The Morgan fingerprint density at radius 1 is 1.18 bits per heavy atom. The molecule has 12 heteroatoms. The average molecular weight is 490 g/mol. The van der Waals surface area contributed by atoms with Crippen molar-refractivity contribution in [3.63, 3.8) is 0 Å². The normalized spacial score (nSPS) is 14.7. The third-order valence-corrected chi connectivity index (χ3v) is 6.82. The van der Waals surface area contributed by atoms with Crippen molar-refractivity contribution in [2.75, 3.05) is 52.2 Å². The first kappa shape index (κ1) is 24.2. The second-order valence-corrected chi connectivity index (χ2v) is 9.52. The van der Waals surface area contributed by atoms with Crippen LogP contribution in [-0.4, -0.2) is 81.7 Å². The number of hydrogen-bond donors (Lipinski definition) is 2. The highest BCUT2D eigenvalue weighted by atomic mass is 32.1. The van der Waals surface area contributed by atoms with Crippen molar-refractivity contribution in [3.05, 3.63) is 32.4 Å². The van der Waals surface area contributed by atoms with Gasteiger partial charge < -0.3 is 25.1 Å². The van der Waals surface area contributed by atoms with Crippen molar-refractivity contribution in [1.29, 1.82) is 0 Å². The Bertz CT molecular complexity index is 1180. The van der Waals surface area contributed by atoms with Gasteiger partial charge in [0.2, 0.25) is 5.91 Å². The van der Waals surface area contributed by atoms with Gasteiger partial charge in [0.05, 0.1) is 13.2 Å². The van der Waals surface area contributed by atoms with Crippen molar-refractivity contribution in [3.8, 4) is 6.01 Å². The highest BCUT2D eigenvalue weighted by Gasteiger charge is 2.21. The van der Waals surface area contributed by atoms with E-state index in [9.17, 15) is 9.59 Å². The van der Waals surface area contributed by atoms with E-state index in [1.54, 1.807) is 15.9 Å². The molecule has 34 heavy (non-hydrogen) atoms. The lowest BCUT2D eigenvalue weighted by molar-refractivity contribution is -0.136. The number of amides is 1. The number of fused-ring (bicyclic) bond motifs is 1. The molecule has 0 saturated carbocycles. The van der Waals surface area contributed by atoms with Gasteiger partial charge in [-0.25, -0.2) is 4.79 Å². The number of nitrogens with two attached hydrogens (primary N) is 1. The molecule has 0 aliphatic carbocycles. The first-order valence-corrected chi connectivity index (χ1v) is 12.3. The Labute approximate surface area is 201 Å². The van der Waals surface area contributed by atoms with Gasteiger partial charge in [-0.3, -0.25) is 14.3 Å². The minimum Gasteiger partial charge on any atom is -0.463 e. The van der Waals surface area contributed by atoms with Gasteiger partial charge in [-0.2, -0.15) is 9.97 Å². The molecule has 0 bridgehead atoms. The highest BCUT2D eigenvalue weighted by Crippen LogP contribution is 2.23. The zero-order valence-electron chi connectivity index (χ0n) is 19.6. The van der Waals surface area contributed by atoms with Gasteiger partial charge in [-0.15, -0.1) is 11.3 Å². The molecule has 1 aliphatic rings.